The van der Waals surface area contributed by atoms with Gasteiger partial charge in [-0.05, 0) is 56.9 Å². The van der Waals surface area contributed by atoms with Gasteiger partial charge in [-0.1, -0.05) is 6.07 Å². The van der Waals surface area contributed by atoms with Gasteiger partial charge in [0.1, 0.15) is 17.1 Å². The standard InChI is InChI=1S/C18H23NO4/c1-17(2,3)23-16(22)19-8-6-18(7-9-19)14-11-13(20)5-4-12(14)10-15(18)21/h4-5,11,20H,6-10H2,1-3H3. The van der Waals surface area contributed by atoms with Crippen molar-refractivity contribution in [3.8, 4) is 5.75 Å². The predicted octanol–water partition coefficient (Wildman–Crippen LogP) is 2.79. The maximum Gasteiger partial charge on any atom is 0.410 e. The highest BCUT2D eigenvalue weighted by atomic mass is 16.6. The Bertz CT molecular complexity index is 651. The molecule has 1 N–H and O–H groups in total. The van der Waals surface area contributed by atoms with Crippen LogP contribution in [0.3, 0.4) is 0 Å². The molecule has 1 aliphatic carbocycles. The van der Waals surface area contributed by atoms with Crippen molar-refractivity contribution < 1.29 is 19.4 Å². The fourth-order valence-electron chi connectivity index (χ4n) is 3.60. The van der Waals surface area contributed by atoms with E-state index in [-0.39, 0.29) is 17.6 Å². The summed E-state index contributed by atoms with van der Waals surface area (Å²) in [6.45, 7) is 6.52. The molecule has 1 aromatic carbocycles. The number of nitrogens with zero attached hydrogens (tertiary/aromatic N) is 1. The zero-order valence-electron chi connectivity index (χ0n) is 13.9. The van der Waals surface area contributed by atoms with Gasteiger partial charge in [-0.25, -0.2) is 4.79 Å². The van der Waals surface area contributed by atoms with Crippen LogP contribution in [-0.4, -0.2) is 40.6 Å². The van der Waals surface area contributed by atoms with Crippen molar-refractivity contribution in [2.24, 2.45) is 0 Å². The molecule has 1 aliphatic heterocycles. The molecule has 0 aromatic heterocycles. The number of phenolic OH excluding ortho intramolecular Hbond substituents is 1. The van der Waals surface area contributed by atoms with E-state index in [2.05, 4.69) is 0 Å². The van der Waals surface area contributed by atoms with Crippen LogP contribution < -0.4 is 0 Å². The quantitative estimate of drug-likeness (QED) is 0.799. The second kappa shape index (κ2) is 5.25. The molecule has 1 amide bonds. The van der Waals surface area contributed by atoms with Crippen LogP contribution in [0, 0.1) is 0 Å². The van der Waals surface area contributed by atoms with Crippen molar-refractivity contribution >= 4 is 11.9 Å². The number of carbonyl (C=O) groups excluding carboxylic acids is 2. The predicted molar refractivity (Wildman–Crippen MR) is 85.5 cm³/mol. The number of ketones is 1. The second-order valence-electron chi connectivity index (χ2n) is 7.49. The normalized spacial score (nSPS) is 19.8. The lowest BCUT2D eigenvalue weighted by molar-refractivity contribution is -0.124. The molecule has 0 radical (unpaired) electrons. The average molecular weight is 317 g/mol. The monoisotopic (exact) mass is 317 g/mol. The summed E-state index contributed by atoms with van der Waals surface area (Å²) in [4.78, 5) is 26.5. The van der Waals surface area contributed by atoms with Gasteiger partial charge < -0.3 is 14.7 Å². The number of likely N-dealkylation sites (tertiary alicyclic amines) is 1. The van der Waals surface area contributed by atoms with Crippen molar-refractivity contribution in [1.82, 2.24) is 4.90 Å². The molecule has 1 aromatic rings. The fraction of sp³-hybridized carbons (Fsp3) is 0.556. The van der Waals surface area contributed by atoms with Crippen LogP contribution in [0.15, 0.2) is 18.2 Å². The molecule has 0 unspecified atom stereocenters. The summed E-state index contributed by atoms with van der Waals surface area (Å²) < 4.78 is 5.41. The first-order chi connectivity index (χ1) is 10.7. The van der Waals surface area contributed by atoms with Gasteiger partial charge in [0.25, 0.3) is 0 Å². The SMILES string of the molecule is CC(C)(C)OC(=O)N1CCC2(CC1)C(=O)Cc1ccc(O)cc12. The molecule has 1 saturated heterocycles. The number of Topliss-reactive ketones (excluding diaryl/α,β-unsaturated/α-hetero) is 1. The summed E-state index contributed by atoms with van der Waals surface area (Å²) in [6.07, 6.45) is 1.26. The third-order valence-electron chi connectivity index (χ3n) is 4.76. The lowest BCUT2D eigenvalue weighted by atomic mass is 9.73. The van der Waals surface area contributed by atoms with Crippen LogP contribution in [0.5, 0.6) is 5.75 Å². The van der Waals surface area contributed by atoms with Gasteiger partial charge in [0, 0.05) is 19.5 Å². The Morgan fingerprint density at radius 3 is 2.52 bits per heavy atom. The third kappa shape index (κ3) is 2.80. The largest absolute Gasteiger partial charge is 0.508 e. The highest BCUT2D eigenvalue weighted by molar-refractivity contribution is 5.97. The Kier molecular flexibility index (Phi) is 3.62. The van der Waals surface area contributed by atoms with Crippen molar-refractivity contribution in [3.05, 3.63) is 29.3 Å². The molecular formula is C18H23NO4. The van der Waals surface area contributed by atoms with Crippen LogP contribution in [0.2, 0.25) is 0 Å². The lowest BCUT2D eigenvalue weighted by Gasteiger charge is -2.39. The summed E-state index contributed by atoms with van der Waals surface area (Å²) in [5, 5.41) is 9.77. The maximum absolute atomic E-state index is 12.6. The van der Waals surface area contributed by atoms with Crippen molar-refractivity contribution in [2.75, 3.05) is 13.1 Å². The number of amides is 1. The second-order valence-corrected chi connectivity index (χ2v) is 7.49. The van der Waals surface area contributed by atoms with Crippen LogP contribution in [0.25, 0.3) is 0 Å². The molecule has 5 nitrogen and oxygen atoms in total. The summed E-state index contributed by atoms with van der Waals surface area (Å²) >= 11 is 0. The maximum atomic E-state index is 12.6. The molecule has 124 valence electrons. The highest BCUT2D eigenvalue weighted by Crippen LogP contribution is 2.45. The van der Waals surface area contributed by atoms with E-state index in [0.29, 0.717) is 32.4 Å². The van der Waals surface area contributed by atoms with E-state index in [0.717, 1.165) is 11.1 Å². The Labute approximate surface area is 136 Å². The Hall–Kier alpha value is -2.04. The number of hydrogen-bond acceptors (Lipinski definition) is 4. The van der Waals surface area contributed by atoms with Crippen LogP contribution >= 0.6 is 0 Å². The van der Waals surface area contributed by atoms with Gasteiger partial charge in [0.05, 0.1) is 5.41 Å². The molecule has 0 bridgehead atoms. The average Bonchev–Trinajstić information content (AvgIpc) is 2.71. The number of fused-ring (bicyclic) bond motifs is 2. The van der Waals surface area contributed by atoms with Crippen LogP contribution in [-0.2, 0) is 21.4 Å². The van der Waals surface area contributed by atoms with E-state index in [1.54, 1.807) is 17.0 Å². The molecule has 23 heavy (non-hydrogen) atoms. The van der Waals surface area contributed by atoms with Crippen LogP contribution in [0.1, 0.15) is 44.7 Å². The van der Waals surface area contributed by atoms with Crippen molar-refractivity contribution in [2.45, 2.75) is 51.0 Å². The molecule has 1 heterocycles. The minimum atomic E-state index is -0.549. The topological polar surface area (TPSA) is 66.8 Å². The first-order valence-electron chi connectivity index (χ1n) is 8.05. The van der Waals surface area contributed by atoms with Gasteiger partial charge in [-0.15, -0.1) is 0 Å². The number of ether oxygens (including phenoxy) is 1. The summed E-state index contributed by atoms with van der Waals surface area (Å²) in [7, 11) is 0. The Morgan fingerprint density at radius 1 is 1.26 bits per heavy atom. The third-order valence-corrected chi connectivity index (χ3v) is 4.76. The fourth-order valence-corrected chi connectivity index (χ4v) is 3.60. The Balaban J connectivity index is 1.78. The summed E-state index contributed by atoms with van der Waals surface area (Å²) in [5.74, 6) is 0.384. The van der Waals surface area contributed by atoms with E-state index in [1.165, 1.54) is 0 Å². The number of piperidine rings is 1. The minimum Gasteiger partial charge on any atom is -0.508 e. The molecule has 1 fully saturated rings. The molecule has 0 atom stereocenters. The number of phenols is 1. The van der Waals surface area contributed by atoms with Gasteiger partial charge in [-0.3, -0.25) is 4.79 Å². The van der Waals surface area contributed by atoms with E-state index in [4.69, 9.17) is 4.74 Å². The smallest absolute Gasteiger partial charge is 0.410 e. The molecule has 1 spiro atoms. The van der Waals surface area contributed by atoms with Gasteiger partial charge in [0.2, 0.25) is 0 Å². The number of carbonyl (C=O) groups is 2. The number of aromatic hydroxyl groups is 1. The van der Waals surface area contributed by atoms with Crippen LogP contribution in [0.4, 0.5) is 4.79 Å². The van der Waals surface area contributed by atoms with E-state index in [9.17, 15) is 14.7 Å². The lowest BCUT2D eigenvalue weighted by Crippen LogP contribution is -2.48. The molecule has 3 rings (SSSR count). The van der Waals surface area contributed by atoms with Gasteiger partial charge >= 0.3 is 6.09 Å². The van der Waals surface area contributed by atoms with Gasteiger partial charge in [-0.2, -0.15) is 0 Å². The van der Waals surface area contributed by atoms with E-state index < -0.39 is 11.0 Å². The number of hydrogen-bond donors (Lipinski definition) is 1. The van der Waals surface area contributed by atoms with E-state index >= 15 is 0 Å². The Morgan fingerprint density at radius 2 is 1.91 bits per heavy atom. The first kappa shape index (κ1) is 15.8. The van der Waals surface area contributed by atoms with Crippen molar-refractivity contribution in [1.29, 1.82) is 0 Å². The number of benzene rings is 1. The summed E-state index contributed by atoms with van der Waals surface area (Å²) in [5.41, 5.74) is 0.866. The van der Waals surface area contributed by atoms with Crippen molar-refractivity contribution in [3.63, 3.8) is 0 Å². The first-order valence-corrected chi connectivity index (χ1v) is 8.05. The minimum absolute atomic E-state index is 0.187. The molecular weight excluding hydrogens is 294 g/mol. The zero-order valence-corrected chi connectivity index (χ0v) is 13.9. The molecule has 5 heteroatoms. The molecule has 0 saturated carbocycles. The summed E-state index contributed by atoms with van der Waals surface area (Å²) in [6, 6.07) is 5.17. The number of rotatable bonds is 0. The highest BCUT2D eigenvalue weighted by Gasteiger charge is 2.48. The molecule has 2 aliphatic rings. The van der Waals surface area contributed by atoms with E-state index in [1.807, 2.05) is 26.8 Å². The van der Waals surface area contributed by atoms with Gasteiger partial charge in [0.15, 0.2) is 0 Å². The zero-order chi connectivity index (χ0) is 16.8.